The Morgan fingerprint density at radius 2 is 1.12 bits per heavy atom. The normalized spacial score (nSPS) is 10.8. The molecule has 0 fully saturated rings. The maximum atomic E-state index is 12.5. The second kappa shape index (κ2) is 18.7. The number of carbonyl (C=O) groups is 2. The standard InChI is InChI=1S/C28H46O4/c1-4-7-10-13-16-22-26(29)31-25-21-18-20-24(19-15-12-9-6-3)28(25)32-27(30)23-17-14-11-8-5-2/h18,20-21H,4-17,19,22-23H2,1-3H3. The summed E-state index contributed by atoms with van der Waals surface area (Å²) in [5.74, 6) is 0.346. The molecule has 0 atom stereocenters. The van der Waals surface area contributed by atoms with E-state index >= 15 is 0 Å². The Balaban J connectivity index is 2.74. The van der Waals surface area contributed by atoms with E-state index in [4.69, 9.17) is 9.47 Å². The summed E-state index contributed by atoms with van der Waals surface area (Å²) in [5, 5.41) is 0. The molecule has 182 valence electrons. The van der Waals surface area contributed by atoms with Crippen LogP contribution in [-0.2, 0) is 16.0 Å². The lowest BCUT2D eigenvalue weighted by Gasteiger charge is -2.15. The van der Waals surface area contributed by atoms with Gasteiger partial charge in [0, 0.05) is 12.8 Å². The van der Waals surface area contributed by atoms with Gasteiger partial charge in [-0.25, -0.2) is 0 Å². The summed E-state index contributed by atoms with van der Waals surface area (Å²) in [5.41, 5.74) is 0.952. The summed E-state index contributed by atoms with van der Waals surface area (Å²) in [6, 6.07) is 5.62. The number of benzene rings is 1. The molecular weight excluding hydrogens is 400 g/mol. The summed E-state index contributed by atoms with van der Waals surface area (Å²) in [7, 11) is 0. The number of rotatable bonds is 19. The largest absolute Gasteiger partial charge is 0.423 e. The first kappa shape index (κ1) is 28.2. The number of esters is 2. The van der Waals surface area contributed by atoms with E-state index in [1.165, 1.54) is 38.5 Å². The number of aryl methyl sites for hydroxylation is 1. The smallest absolute Gasteiger partial charge is 0.311 e. The van der Waals surface area contributed by atoms with Gasteiger partial charge in [-0.2, -0.15) is 0 Å². The van der Waals surface area contributed by atoms with Crippen LogP contribution >= 0.6 is 0 Å². The van der Waals surface area contributed by atoms with E-state index in [-0.39, 0.29) is 11.9 Å². The van der Waals surface area contributed by atoms with Gasteiger partial charge in [0.25, 0.3) is 0 Å². The zero-order chi connectivity index (χ0) is 23.4. The maximum Gasteiger partial charge on any atom is 0.311 e. The number of para-hydroxylation sites is 1. The van der Waals surface area contributed by atoms with E-state index in [2.05, 4.69) is 20.8 Å². The molecule has 0 aliphatic rings. The minimum atomic E-state index is -0.249. The van der Waals surface area contributed by atoms with E-state index in [9.17, 15) is 9.59 Å². The molecule has 1 aromatic carbocycles. The maximum absolute atomic E-state index is 12.5. The van der Waals surface area contributed by atoms with E-state index in [1.54, 1.807) is 6.07 Å². The van der Waals surface area contributed by atoms with Crippen LogP contribution in [0, 0.1) is 0 Å². The number of hydrogen-bond donors (Lipinski definition) is 0. The fourth-order valence-electron chi connectivity index (χ4n) is 3.78. The van der Waals surface area contributed by atoms with Crippen molar-refractivity contribution >= 4 is 11.9 Å². The second-order valence-corrected chi connectivity index (χ2v) is 8.83. The van der Waals surface area contributed by atoms with Crippen LogP contribution in [0.3, 0.4) is 0 Å². The van der Waals surface area contributed by atoms with Gasteiger partial charge in [-0.05, 0) is 37.3 Å². The predicted molar refractivity (Wildman–Crippen MR) is 132 cm³/mol. The monoisotopic (exact) mass is 446 g/mol. The van der Waals surface area contributed by atoms with E-state index in [1.807, 2.05) is 12.1 Å². The fraction of sp³-hybridized carbons (Fsp3) is 0.714. The summed E-state index contributed by atoms with van der Waals surface area (Å²) in [6.45, 7) is 6.55. The van der Waals surface area contributed by atoms with E-state index < -0.39 is 0 Å². The van der Waals surface area contributed by atoms with Gasteiger partial charge >= 0.3 is 11.9 Å². The molecule has 0 saturated carbocycles. The molecule has 4 heteroatoms. The minimum Gasteiger partial charge on any atom is -0.423 e. The SMILES string of the molecule is CCCCCCCC(=O)Oc1cccc(CCCCCC)c1OC(=O)CCCCCCC. The van der Waals surface area contributed by atoms with Crippen LogP contribution in [0.2, 0.25) is 0 Å². The molecule has 0 heterocycles. The first-order valence-corrected chi connectivity index (χ1v) is 13.2. The van der Waals surface area contributed by atoms with E-state index in [0.717, 1.165) is 63.4 Å². The zero-order valence-corrected chi connectivity index (χ0v) is 20.9. The molecule has 1 rings (SSSR count). The molecule has 32 heavy (non-hydrogen) atoms. The molecule has 0 bridgehead atoms. The number of ether oxygens (including phenoxy) is 2. The lowest BCUT2D eigenvalue weighted by molar-refractivity contribution is -0.137. The minimum absolute atomic E-state index is 0.237. The molecular formula is C28H46O4. The third-order valence-electron chi connectivity index (χ3n) is 5.77. The molecule has 1 aromatic rings. The molecule has 0 aromatic heterocycles. The van der Waals surface area contributed by atoms with Crippen LogP contribution in [0.4, 0.5) is 0 Å². The Morgan fingerprint density at radius 3 is 1.69 bits per heavy atom. The van der Waals surface area contributed by atoms with Gasteiger partial charge in [-0.3, -0.25) is 9.59 Å². The molecule has 0 unspecified atom stereocenters. The van der Waals surface area contributed by atoms with Crippen LogP contribution in [0.1, 0.15) is 129 Å². The molecule has 0 radical (unpaired) electrons. The van der Waals surface area contributed by atoms with Crippen molar-refractivity contribution in [2.45, 2.75) is 130 Å². The van der Waals surface area contributed by atoms with Gasteiger partial charge < -0.3 is 9.47 Å². The first-order valence-electron chi connectivity index (χ1n) is 13.2. The third-order valence-corrected chi connectivity index (χ3v) is 5.77. The summed E-state index contributed by atoms with van der Waals surface area (Å²) >= 11 is 0. The van der Waals surface area contributed by atoms with Crippen molar-refractivity contribution in [2.24, 2.45) is 0 Å². The van der Waals surface area contributed by atoms with Gasteiger partial charge in [0.05, 0.1) is 0 Å². The van der Waals surface area contributed by atoms with Crippen molar-refractivity contribution < 1.29 is 19.1 Å². The Hall–Kier alpha value is -1.84. The summed E-state index contributed by atoms with van der Waals surface area (Å²) in [6.07, 6.45) is 17.0. The number of unbranched alkanes of at least 4 members (excludes halogenated alkanes) is 11. The average molecular weight is 447 g/mol. The topological polar surface area (TPSA) is 52.6 Å². The molecule has 0 N–H and O–H groups in total. The van der Waals surface area contributed by atoms with Crippen molar-refractivity contribution in [2.75, 3.05) is 0 Å². The van der Waals surface area contributed by atoms with Crippen LogP contribution in [0.5, 0.6) is 11.5 Å². The highest BCUT2D eigenvalue weighted by atomic mass is 16.6. The van der Waals surface area contributed by atoms with Crippen LogP contribution in [0.25, 0.3) is 0 Å². The van der Waals surface area contributed by atoms with Crippen LogP contribution in [0.15, 0.2) is 18.2 Å². The number of hydrogen-bond acceptors (Lipinski definition) is 4. The summed E-state index contributed by atoms with van der Waals surface area (Å²) in [4.78, 5) is 24.9. The molecule has 0 saturated heterocycles. The Kier molecular flexibility index (Phi) is 16.5. The highest BCUT2D eigenvalue weighted by Crippen LogP contribution is 2.33. The Labute approximate surface area is 196 Å². The van der Waals surface area contributed by atoms with Crippen LogP contribution < -0.4 is 9.47 Å². The highest BCUT2D eigenvalue weighted by Gasteiger charge is 2.17. The van der Waals surface area contributed by atoms with Gasteiger partial charge in [-0.15, -0.1) is 0 Å². The Morgan fingerprint density at radius 1 is 0.625 bits per heavy atom. The number of carbonyl (C=O) groups excluding carboxylic acids is 2. The second-order valence-electron chi connectivity index (χ2n) is 8.83. The van der Waals surface area contributed by atoms with Gasteiger partial charge in [-0.1, -0.05) is 104 Å². The van der Waals surface area contributed by atoms with Gasteiger partial charge in [0.1, 0.15) is 0 Å². The predicted octanol–water partition coefficient (Wildman–Crippen LogP) is 8.34. The highest BCUT2D eigenvalue weighted by molar-refractivity contribution is 5.76. The summed E-state index contributed by atoms with van der Waals surface area (Å²) < 4.78 is 11.4. The Bertz CT molecular complexity index is 638. The average Bonchev–Trinajstić information content (AvgIpc) is 2.78. The molecule has 0 aliphatic heterocycles. The van der Waals surface area contributed by atoms with Crippen molar-refractivity contribution in [1.29, 1.82) is 0 Å². The lowest BCUT2D eigenvalue weighted by atomic mass is 10.0. The molecule has 4 nitrogen and oxygen atoms in total. The zero-order valence-electron chi connectivity index (χ0n) is 20.9. The van der Waals surface area contributed by atoms with E-state index in [0.29, 0.717) is 24.3 Å². The van der Waals surface area contributed by atoms with Crippen molar-refractivity contribution in [3.05, 3.63) is 23.8 Å². The van der Waals surface area contributed by atoms with Crippen molar-refractivity contribution in [3.8, 4) is 11.5 Å². The van der Waals surface area contributed by atoms with Crippen molar-refractivity contribution in [1.82, 2.24) is 0 Å². The van der Waals surface area contributed by atoms with Crippen molar-refractivity contribution in [3.63, 3.8) is 0 Å². The van der Waals surface area contributed by atoms with Gasteiger partial charge in [0.15, 0.2) is 11.5 Å². The molecule has 0 aliphatic carbocycles. The quantitative estimate of drug-likeness (QED) is 0.122. The first-order chi connectivity index (χ1) is 15.6. The fourth-order valence-corrected chi connectivity index (χ4v) is 3.78. The molecule has 0 amide bonds. The van der Waals surface area contributed by atoms with Gasteiger partial charge in [0.2, 0.25) is 0 Å². The van der Waals surface area contributed by atoms with Crippen LogP contribution in [-0.4, -0.2) is 11.9 Å². The molecule has 0 spiro atoms. The third kappa shape index (κ3) is 12.9. The lowest BCUT2D eigenvalue weighted by Crippen LogP contribution is -2.13.